The summed E-state index contributed by atoms with van der Waals surface area (Å²) in [7, 11) is -3.97. The first kappa shape index (κ1) is 15.7. The van der Waals surface area contributed by atoms with Crippen molar-refractivity contribution in [1.29, 1.82) is 0 Å². The average molecular weight is 290 g/mol. The molecule has 18 heavy (non-hydrogen) atoms. The number of sulfonamides is 1. The Morgan fingerprint density at radius 2 is 1.83 bits per heavy atom. The molecule has 1 aliphatic heterocycles. The van der Waals surface area contributed by atoms with Crippen LogP contribution in [-0.2, 0) is 14.8 Å². The largest absolute Gasteiger partial charge is 0.402 e. The van der Waals surface area contributed by atoms with Gasteiger partial charge in [-0.05, 0) is 12.8 Å². The van der Waals surface area contributed by atoms with Crippen molar-refractivity contribution in [1.82, 2.24) is 4.31 Å². The van der Waals surface area contributed by atoms with Crippen molar-refractivity contribution in [2.75, 3.05) is 32.8 Å². The summed E-state index contributed by atoms with van der Waals surface area (Å²) in [5.41, 5.74) is 5.18. The number of nitrogens with two attached hydrogens (primary N) is 1. The van der Waals surface area contributed by atoms with E-state index in [1.165, 1.54) is 0 Å². The highest BCUT2D eigenvalue weighted by Gasteiger charge is 2.39. The third kappa shape index (κ3) is 4.38. The summed E-state index contributed by atoms with van der Waals surface area (Å²) in [5.74, 6) is 0. The fourth-order valence-corrected chi connectivity index (χ4v) is 3.72. The molecule has 0 saturated carbocycles. The number of halogens is 3. The highest BCUT2D eigenvalue weighted by molar-refractivity contribution is 7.89. The Bertz CT molecular complexity index is 353. The van der Waals surface area contributed by atoms with Crippen LogP contribution in [0.5, 0.6) is 0 Å². The number of rotatable bonds is 5. The van der Waals surface area contributed by atoms with Gasteiger partial charge in [-0.3, -0.25) is 0 Å². The van der Waals surface area contributed by atoms with Gasteiger partial charge in [0.2, 0.25) is 10.0 Å². The molecule has 0 amide bonds. The first-order chi connectivity index (χ1) is 8.27. The SMILES string of the molecule is NCCN(CC(F)(F)F)S(=O)(=O)C1CCOCC1. The molecular weight excluding hydrogens is 273 g/mol. The quantitative estimate of drug-likeness (QED) is 0.791. The van der Waals surface area contributed by atoms with Crippen molar-refractivity contribution in [3.8, 4) is 0 Å². The van der Waals surface area contributed by atoms with Gasteiger partial charge in [0.25, 0.3) is 0 Å². The first-order valence-corrected chi connectivity index (χ1v) is 7.11. The third-order valence-electron chi connectivity index (χ3n) is 2.68. The van der Waals surface area contributed by atoms with Crippen LogP contribution in [0.3, 0.4) is 0 Å². The summed E-state index contributed by atoms with van der Waals surface area (Å²) >= 11 is 0. The molecule has 0 radical (unpaired) electrons. The van der Waals surface area contributed by atoms with Gasteiger partial charge < -0.3 is 10.5 Å². The Hall–Kier alpha value is -0.380. The van der Waals surface area contributed by atoms with E-state index < -0.39 is 28.0 Å². The van der Waals surface area contributed by atoms with Crippen molar-refractivity contribution in [2.45, 2.75) is 24.3 Å². The van der Waals surface area contributed by atoms with Gasteiger partial charge in [0, 0.05) is 26.3 Å². The molecule has 0 aliphatic carbocycles. The first-order valence-electron chi connectivity index (χ1n) is 5.61. The molecule has 0 aromatic heterocycles. The Morgan fingerprint density at radius 3 is 2.28 bits per heavy atom. The third-order valence-corrected chi connectivity index (χ3v) is 5.03. The predicted molar refractivity (Wildman–Crippen MR) is 59.4 cm³/mol. The lowest BCUT2D eigenvalue weighted by Crippen LogP contribution is -2.47. The highest BCUT2D eigenvalue weighted by atomic mass is 32.2. The smallest absolute Gasteiger partial charge is 0.381 e. The van der Waals surface area contributed by atoms with Crippen LogP contribution in [0.15, 0.2) is 0 Å². The molecule has 0 bridgehead atoms. The fraction of sp³-hybridized carbons (Fsp3) is 1.00. The zero-order valence-corrected chi connectivity index (χ0v) is 10.6. The van der Waals surface area contributed by atoms with Gasteiger partial charge >= 0.3 is 6.18 Å². The van der Waals surface area contributed by atoms with E-state index >= 15 is 0 Å². The molecule has 5 nitrogen and oxygen atoms in total. The Balaban J connectivity index is 2.81. The van der Waals surface area contributed by atoms with E-state index in [1.54, 1.807) is 0 Å². The molecule has 1 fully saturated rings. The van der Waals surface area contributed by atoms with E-state index in [2.05, 4.69) is 0 Å². The maximum absolute atomic E-state index is 12.4. The second kappa shape index (κ2) is 6.18. The number of hydrogen-bond donors (Lipinski definition) is 1. The number of alkyl halides is 3. The second-order valence-electron chi connectivity index (χ2n) is 4.09. The van der Waals surface area contributed by atoms with Crippen LogP contribution in [-0.4, -0.2) is 57.0 Å². The summed E-state index contributed by atoms with van der Waals surface area (Å²) in [6, 6.07) is 0. The number of nitrogens with zero attached hydrogens (tertiary/aromatic N) is 1. The summed E-state index contributed by atoms with van der Waals surface area (Å²) in [6.45, 7) is -1.43. The molecule has 1 rings (SSSR count). The lowest BCUT2D eigenvalue weighted by Gasteiger charge is -2.29. The molecule has 0 atom stereocenters. The van der Waals surface area contributed by atoms with Crippen LogP contribution in [0.1, 0.15) is 12.8 Å². The normalized spacial score (nSPS) is 19.4. The highest BCUT2D eigenvalue weighted by Crippen LogP contribution is 2.24. The molecule has 0 aromatic rings. The van der Waals surface area contributed by atoms with E-state index in [0.717, 1.165) is 0 Å². The topological polar surface area (TPSA) is 72.6 Å². The molecule has 108 valence electrons. The summed E-state index contributed by atoms with van der Waals surface area (Å²) < 4.78 is 66.6. The maximum atomic E-state index is 12.4. The number of ether oxygens (including phenoxy) is 1. The predicted octanol–water partition coefficient (Wildman–Crippen LogP) is 0.318. The average Bonchev–Trinajstić information content (AvgIpc) is 2.28. The van der Waals surface area contributed by atoms with E-state index in [-0.39, 0.29) is 39.1 Å². The van der Waals surface area contributed by atoms with Gasteiger partial charge in [0.1, 0.15) is 6.54 Å². The zero-order chi connectivity index (χ0) is 13.8. The van der Waals surface area contributed by atoms with Crippen LogP contribution in [0, 0.1) is 0 Å². The fourth-order valence-electron chi connectivity index (χ4n) is 1.82. The molecule has 1 heterocycles. The minimum absolute atomic E-state index is 0.140. The molecule has 0 spiro atoms. The van der Waals surface area contributed by atoms with Gasteiger partial charge in [-0.25, -0.2) is 8.42 Å². The minimum atomic E-state index is -4.56. The van der Waals surface area contributed by atoms with E-state index in [4.69, 9.17) is 10.5 Å². The van der Waals surface area contributed by atoms with Crippen LogP contribution >= 0.6 is 0 Å². The van der Waals surface area contributed by atoms with Crippen LogP contribution in [0.2, 0.25) is 0 Å². The lowest BCUT2D eigenvalue weighted by molar-refractivity contribution is -0.136. The summed E-state index contributed by atoms with van der Waals surface area (Å²) in [5, 5.41) is -0.805. The monoisotopic (exact) mass is 290 g/mol. The molecule has 0 aromatic carbocycles. The van der Waals surface area contributed by atoms with E-state index in [9.17, 15) is 21.6 Å². The van der Waals surface area contributed by atoms with Gasteiger partial charge in [-0.15, -0.1) is 0 Å². The lowest BCUT2D eigenvalue weighted by atomic mass is 10.2. The van der Waals surface area contributed by atoms with Crippen molar-refractivity contribution in [3.63, 3.8) is 0 Å². The molecule has 1 saturated heterocycles. The second-order valence-corrected chi connectivity index (χ2v) is 6.31. The standard InChI is InChI=1S/C9H17F3N2O3S/c10-9(11,12)7-14(4-3-13)18(15,16)8-1-5-17-6-2-8/h8H,1-7,13H2. The van der Waals surface area contributed by atoms with Gasteiger partial charge in [-0.2, -0.15) is 17.5 Å². The maximum Gasteiger partial charge on any atom is 0.402 e. The Labute approximate surface area is 104 Å². The minimum Gasteiger partial charge on any atom is -0.381 e. The molecule has 0 unspecified atom stereocenters. The van der Waals surface area contributed by atoms with Gasteiger partial charge in [-0.1, -0.05) is 0 Å². The van der Waals surface area contributed by atoms with E-state index in [0.29, 0.717) is 4.31 Å². The molecule has 1 aliphatic rings. The van der Waals surface area contributed by atoms with Crippen molar-refractivity contribution >= 4 is 10.0 Å². The van der Waals surface area contributed by atoms with Crippen LogP contribution < -0.4 is 5.73 Å². The zero-order valence-electron chi connectivity index (χ0n) is 9.82. The van der Waals surface area contributed by atoms with Crippen molar-refractivity contribution in [2.24, 2.45) is 5.73 Å². The summed E-state index contributed by atoms with van der Waals surface area (Å²) in [6.07, 6.45) is -4.12. The summed E-state index contributed by atoms with van der Waals surface area (Å²) in [4.78, 5) is 0. The molecular formula is C9H17F3N2O3S. The molecule has 2 N–H and O–H groups in total. The van der Waals surface area contributed by atoms with Crippen LogP contribution in [0.4, 0.5) is 13.2 Å². The van der Waals surface area contributed by atoms with Crippen molar-refractivity contribution < 1.29 is 26.3 Å². The Morgan fingerprint density at radius 1 is 1.28 bits per heavy atom. The van der Waals surface area contributed by atoms with Gasteiger partial charge in [0.05, 0.1) is 5.25 Å². The van der Waals surface area contributed by atoms with Crippen molar-refractivity contribution in [3.05, 3.63) is 0 Å². The number of hydrogen-bond acceptors (Lipinski definition) is 4. The Kier molecular flexibility index (Phi) is 5.38. The van der Waals surface area contributed by atoms with Gasteiger partial charge in [0.15, 0.2) is 0 Å². The van der Waals surface area contributed by atoms with E-state index in [1.807, 2.05) is 0 Å². The molecule has 9 heteroatoms. The van der Waals surface area contributed by atoms with Crippen LogP contribution in [0.25, 0.3) is 0 Å².